The molecule has 0 saturated heterocycles. The first-order chi connectivity index (χ1) is 5.37. The minimum atomic E-state index is -1.04. The third kappa shape index (κ3) is 2.91. The molecule has 0 radical (unpaired) electrons. The van der Waals surface area contributed by atoms with Crippen LogP contribution in [0.2, 0.25) is 0 Å². The van der Waals surface area contributed by atoms with Gasteiger partial charge in [0.25, 0.3) is 0 Å². The Hall–Kier alpha value is -0.410. The van der Waals surface area contributed by atoms with Gasteiger partial charge in [-0.1, -0.05) is 27.7 Å². The molecule has 0 aliphatic rings. The van der Waals surface area contributed by atoms with E-state index in [2.05, 4.69) is 0 Å². The van der Waals surface area contributed by atoms with E-state index in [1.807, 2.05) is 0 Å². The van der Waals surface area contributed by atoms with Gasteiger partial charge in [-0.2, -0.15) is 0 Å². The highest BCUT2D eigenvalue weighted by Gasteiger charge is 2.27. The van der Waals surface area contributed by atoms with Crippen molar-refractivity contribution in [3.63, 3.8) is 0 Å². The molecule has 0 aliphatic heterocycles. The van der Waals surface area contributed by atoms with Crippen LogP contribution in [-0.2, 0) is 4.79 Å². The van der Waals surface area contributed by atoms with Gasteiger partial charge in [-0.3, -0.25) is 4.79 Å². The summed E-state index contributed by atoms with van der Waals surface area (Å²) in [5, 5.41) is 18.6. The molecule has 3 nitrogen and oxygen atoms in total. The number of rotatable bonds is 4. The number of hydrogen-bond donors (Lipinski definition) is 2. The topological polar surface area (TPSA) is 57.5 Å². The Labute approximate surface area is 73.4 Å². The average molecular weight is 174 g/mol. The smallest absolute Gasteiger partial charge is 0.190 e. The molecule has 2 unspecified atom stereocenters. The Balaban J connectivity index is 4.19. The standard InChI is InChI=1S/C9H18O3/c1-5(2)7(10)9(12)8(11)6(3)4/h5-8,10-11H,1-4H3. The summed E-state index contributed by atoms with van der Waals surface area (Å²) in [6, 6.07) is 0. The van der Waals surface area contributed by atoms with Crippen LogP contribution >= 0.6 is 0 Å². The van der Waals surface area contributed by atoms with E-state index in [0.29, 0.717) is 0 Å². The van der Waals surface area contributed by atoms with Crippen LogP contribution in [0.25, 0.3) is 0 Å². The van der Waals surface area contributed by atoms with Crippen LogP contribution in [0.4, 0.5) is 0 Å². The largest absolute Gasteiger partial charge is 0.385 e. The Morgan fingerprint density at radius 3 is 1.33 bits per heavy atom. The molecule has 0 fully saturated rings. The van der Waals surface area contributed by atoms with Gasteiger partial charge in [0, 0.05) is 0 Å². The van der Waals surface area contributed by atoms with Crippen LogP contribution in [0.3, 0.4) is 0 Å². The van der Waals surface area contributed by atoms with Gasteiger partial charge in [0.05, 0.1) is 0 Å². The lowest BCUT2D eigenvalue weighted by Crippen LogP contribution is -2.38. The van der Waals surface area contributed by atoms with Gasteiger partial charge in [-0.25, -0.2) is 0 Å². The van der Waals surface area contributed by atoms with Crippen molar-refractivity contribution in [2.45, 2.75) is 39.9 Å². The molecule has 12 heavy (non-hydrogen) atoms. The van der Waals surface area contributed by atoms with Crippen molar-refractivity contribution < 1.29 is 15.0 Å². The zero-order valence-corrected chi connectivity index (χ0v) is 8.11. The highest BCUT2D eigenvalue weighted by atomic mass is 16.3. The van der Waals surface area contributed by atoms with E-state index >= 15 is 0 Å². The average Bonchev–Trinajstić information content (AvgIpc) is 2.00. The van der Waals surface area contributed by atoms with E-state index in [1.165, 1.54) is 0 Å². The highest BCUT2D eigenvalue weighted by molar-refractivity contribution is 5.87. The molecule has 0 bridgehead atoms. The lowest BCUT2D eigenvalue weighted by molar-refractivity contribution is -0.139. The maximum absolute atomic E-state index is 11.2. The summed E-state index contributed by atoms with van der Waals surface area (Å²) in [5.74, 6) is -0.739. The fraction of sp³-hybridized carbons (Fsp3) is 0.889. The zero-order valence-electron chi connectivity index (χ0n) is 8.11. The number of hydrogen-bond acceptors (Lipinski definition) is 3. The van der Waals surface area contributed by atoms with E-state index in [0.717, 1.165) is 0 Å². The van der Waals surface area contributed by atoms with Crippen LogP contribution in [0.15, 0.2) is 0 Å². The summed E-state index contributed by atoms with van der Waals surface area (Å²) >= 11 is 0. The van der Waals surface area contributed by atoms with Gasteiger partial charge < -0.3 is 10.2 Å². The van der Waals surface area contributed by atoms with Crippen LogP contribution in [0.5, 0.6) is 0 Å². The first-order valence-corrected chi connectivity index (χ1v) is 4.27. The molecule has 0 rings (SSSR count). The predicted molar refractivity (Wildman–Crippen MR) is 46.7 cm³/mol. The minimum absolute atomic E-state index is 0.133. The lowest BCUT2D eigenvalue weighted by atomic mass is 9.94. The number of carbonyl (C=O) groups excluding carboxylic acids is 1. The Morgan fingerprint density at radius 1 is 0.917 bits per heavy atom. The molecule has 0 aromatic rings. The quantitative estimate of drug-likeness (QED) is 0.655. The third-order valence-corrected chi connectivity index (χ3v) is 1.85. The molecule has 0 aliphatic carbocycles. The van der Waals surface area contributed by atoms with Gasteiger partial charge in [0.1, 0.15) is 12.2 Å². The molecule has 2 atom stereocenters. The molecular weight excluding hydrogens is 156 g/mol. The van der Waals surface area contributed by atoms with Crippen molar-refractivity contribution in [2.75, 3.05) is 0 Å². The van der Waals surface area contributed by atoms with E-state index in [1.54, 1.807) is 27.7 Å². The van der Waals surface area contributed by atoms with Crippen molar-refractivity contribution in [2.24, 2.45) is 11.8 Å². The lowest BCUT2D eigenvalue weighted by Gasteiger charge is -2.19. The second kappa shape index (κ2) is 4.58. The summed E-state index contributed by atoms with van der Waals surface area (Å²) < 4.78 is 0. The first kappa shape index (κ1) is 11.6. The Morgan fingerprint density at radius 2 is 1.17 bits per heavy atom. The fourth-order valence-corrected chi connectivity index (χ4v) is 0.832. The van der Waals surface area contributed by atoms with Gasteiger partial charge in [-0.05, 0) is 11.8 Å². The second-order valence-electron chi connectivity index (χ2n) is 3.78. The number of aliphatic hydroxyl groups is 2. The van der Waals surface area contributed by atoms with Crippen LogP contribution in [0, 0.1) is 11.8 Å². The second-order valence-corrected chi connectivity index (χ2v) is 3.78. The van der Waals surface area contributed by atoms with E-state index in [-0.39, 0.29) is 11.8 Å². The Kier molecular flexibility index (Phi) is 4.42. The molecule has 2 N–H and O–H groups in total. The fourth-order valence-electron chi connectivity index (χ4n) is 0.832. The minimum Gasteiger partial charge on any atom is -0.385 e. The monoisotopic (exact) mass is 174 g/mol. The van der Waals surface area contributed by atoms with Crippen molar-refractivity contribution >= 4 is 5.78 Å². The van der Waals surface area contributed by atoms with E-state index in [4.69, 9.17) is 0 Å². The number of aliphatic hydroxyl groups excluding tert-OH is 2. The van der Waals surface area contributed by atoms with E-state index < -0.39 is 18.0 Å². The molecule has 3 heteroatoms. The molecule has 0 saturated carbocycles. The highest BCUT2D eigenvalue weighted by Crippen LogP contribution is 2.10. The molecular formula is C9H18O3. The number of ketones is 1. The maximum atomic E-state index is 11.2. The molecule has 0 aromatic heterocycles. The number of carbonyl (C=O) groups is 1. The number of Topliss-reactive ketones (excluding diaryl/α,β-unsaturated/α-hetero) is 1. The van der Waals surface area contributed by atoms with Crippen molar-refractivity contribution in [3.8, 4) is 0 Å². The van der Waals surface area contributed by atoms with Crippen LogP contribution in [0.1, 0.15) is 27.7 Å². The maximum Gasteiger partial charge on any atom is 0.190 e. The summed E-state index contributed by atoms with van der Waals surface area (Å²) in [7, 11) is 0. The van der Waals surface area contributed by atoms with Crippen LogP contribution < -0.4 is 0 Å². The van der Waals surface area contributed by atoms with Gasteiger partial charge in [0.2, 0.25) is 0 Å². The molecule has 0 heterocycles. The van der Waals surface area contributed by atoms with Gasteiger partial charge in [-0.15, -0.1) is 0 Å². The Bertz CT molecular complexity index is 136. The summed E-state index contributed by atoms with van der Waals surface area (Å²) in [4.78, 5) is 11.2. The van der Waals surface area contributed by atoms with Gasteiger partial charge >= 0.3 is 0 Å². The third-order valence-electron chi connectivity index (χ3n) is 1.85. The van der Waals surface area contributed by atoms with Crippen molar-refractivity contribution in [3.05, 3.63) is 0 Å². The summed E-state index contributed by atoms with van der Waals surface area (Å²) in [6.45, 7) is 6.98. The zero-order chi connectivity index (χ0) is 9.89. The van der Waals surface area contributed by atoms with Crippen LogP contribution in [-0.4, -0.2) is 28.2 Å². The summed E-state index contributed by atoms with van der Waals surface area (Å²) in [5.41, 5.74) is 0. The molecule has 0 spiro atoms. The summed E-state index contributed by atoms with van der Waals surface area (Å²) in [6.07, 6.45) is -2.08. The normalized spacial score (nSPS) is 16.7. The van der Waals surface area contributed by atoms with E-state index in [9.17, 15) is 15.0 Å². The van der Waals surface area contributed by atoms with Crippen molar-refractivity contribution in [1.29, 1.82) is 0 Å². The van der Waals surface area contributed by atoms with Crippen molar-refractivity contribution in [1.82, 2.24) is 0 Å². The predicted octanol–water partition coefficient (Wildman–Crippen LogP) is 0.589. The SMILES string of the molecule is CC(C)C(O)C(=O)C(O)C(C)C. The molecule has 72 valence electrons. The molecule has 0 aromatic carbocycles. The van der Waals surface area contributed by atoms with Gasteiger partial charge in [0.15, 0.2) is 5.78 Å². The molecule has 0 amide bonds. The first-order valence-electron chi connectivity index (χ1n) is 4.27.